The van der Waals surface area contributed by atoms with Gasteiger partial charge in [0.05, 0.1) is 17.5 Å². The van der Waals surface area contributed by atoms with Crippen LogP contribution in [-0.2, 0) is 4.79 Å². The van der Waals surface area contributed by atoms with Crippen LogP contribution in [0.2, 0.25) is 0 Å². The Balaban J connectivity index is 1.68. The molecule has 1 fully saturated rings. The summed E-state index contributed by atoms with van der Waals surface area (Å²) >= 11 is 1.86. The molecule has 0 radical (unpaired) electrons. The lowest BCUT2D eigenvalue weighted by Gasteiger charge is -2.21. The lowest BCUT2D eigenvalue weighted by atomic mass is 9.87. The molecule has 3 heterocycles. The lowest BCUT2D eigenvalue weighted by Crippen LogP contribution is -2.03. The summed E-state index contributed by atoms with van der Waals surface area (Å²) in [4.78, 5) is 19.0. The van der Waals surface area contributed by atoms with Gasteiger partial charge in [-0.25, -0.2) is 0 Å². The highest BCUT2D eigenvalue weighted by Crippen LogP contribution is 2.40. The van der Waals surface area contributed by atoms with Crippen LogP contribution in [0.5, 0.6) is 0 Å². The zero-order chi connectivity index (χ0) is 15.8. The first-order chi connectivity index (χ1) is 11.2. The van der Waals surface area contributed by atoms with E-state index in [0.29, 0.717) is 0 Å². The third kappa shape index (κ3) is 2.72. The molecule has 2 aromatic heterocycles. The van der Waals surface area contributed by atoms with Crippen molar-refractivity contribution in [3.05, 3.63) is 45.4 Å². The Labute approximate surface area is 140 Å². The van der Waals surface area contributed by atoms with Gasteiger partial charge < -0.3 is 5.32 Å². The van der Waals surface area contributed by atoms with Gasteiger partial charge in [0.1, 0.15) is 0 Å². The summed E-state index contributed by atoms with van der Waals surface area (Å²) in [6.07, 6.45) is 12.2. The second kappa shape index (κ2) is 5.93. The fourth-order valence-electron chi connectivity index (χ4n) is 3.69. The molecule has 1 saturated carbocycles. The maximum absolute atomic E-state index is 12.2. The quantitative estimate of drug-likeness (QED) is 0.791. The van der Waals surface area contributed by atoms with Crippen LogP contribution < -0.4 is 5.32 Å². The van der Waals surface area contributed by atoms with Crippen molar-refractivity contribution in [1.82, 2.24) is 4.98 Å². The molecule has 3 nitrogen and oxygen atoms in total. The van der Waals surface area contributed by atoms with Gasteiger partial charge in [0.15, 0.2) is 0 Å². The lowest BCUT2D eigenvalue weighted by molar-refractivity contribution is -0.110. The summed E-state index contributed by atoms with van der Waals surface area (Å²) in [7, 11) is 0. The summed E-state index contributed by atoms with van der Waals surface area (Å²) in [6.45, 7) is 2.20. The SMILES string of the molecule is Cc1cc(C=C2C(=O)Nc3cnccc32)sc1C1CCCCC1. The average molecular weight is 324 g/mol. The number of thiophene rings is 1. The number of aromatic nitrogens is 1. The molecule has 118 valence electrons. The Bertz CT molecular complexity index is 784. The van der Waals surface area contributed by atoms with E-state index in [2.05, 4.69) is 23.3 Å². The average Bonchev–Trinajstić information content (AvgIpc) is 3.09. The highest BCUT2D eigenvalue weighted by atomic mass is 32.1. The maximum Gasteiger partial charge on any atom is 0.256 e. The summed E-state index contributed by atoms with van der Waals surface area (Å²) in [5.41, 5.74) is 3.89. The molecule has 4 heteroatoms. The van der Waals surface area contributed by atoms with E-state index in [0.717, 1.165) is 22.7 Å². The van der Waals surface area contributed by atoms with E-state index >= 15 is 0 Å². The Morgan fingerprint density at radius 1 is 1.30 bits per heavy atom. The second-order valence-electron chi connectivity index (χ2n) is 6.46. The van der Waals surface area contributed by atoms with Gasteiger partial charge in [-0.15, -0.1) is 11.3 Å². The second-order valence-corrected chi connectivity index (χ2v) is 7.58. The van der Waals surface area contributed by atoms with Crippen LogP contribution in [0.4, 0.5) is 5.69 Å². The Kier molecular flexibility index (Phi) is 3.77. The highest BCUT2D eigenvalue weighted by molar-refractivity contribution is 7.13. The first-order valence-electron chi connectivity index (χ1n) is 8.30. The number of pyridine rings is 1. The van der Waals surface area contributed by atoms with E-state index in [1.54, 1.807) is 12.4 Å². The molecule has 0 spiro atoms. The van der Waals surface area contributed by atoms with Crippen molar-refractivity contribution in [2.24, 2.45) is 0 Å². The predicted molar refractivity (Wildman–Crippen MR) is 95.6 cm³/mol. The molecule has 2 aromatic rings. The first-order valence-corrected chi connectivity index (χ1v) is 9.12. The number of rotatable bonds is 2. The summed E-state index contributed by atoms with van der Waals surface area (Å²) in [5, 5.41) is 2.89. The topological polar surface area (TPSA) is 42.0 Å². The van der Waals surface area contributed by atoms with Crippen LogP contribution in [0, 0.1) is 6.92 Å². The molecular formula is C19H20N2OS. The number of amides is 1. The van der Waals surface area contributed by atoms with Crippen LogP contribution in [0.1, 0.15) is 58.9 Å². The number of hydrogen-bond donors (Lipinski definition) is 1. The van der Waals surface area contributed by atoms with Crippen LogP contribution >= 0.6 is 11.3 Å². The van der Waals surface area contributed by atoms with Gasteiger partial charge in [-0.1, -0.05) is 19.3 Å². The van der Waals surface area contributed by atoms with E-state index in [1.807, 2.05) is 23.5 Å². The van der Waals surface area contributed by atoms with Gasteiger partial charge >= 0.3 is 0 Å². The van der Waals surface area contributed by atoms with E-state index in [1.165, 1.54) is 47.4 Å². The van der Waals surface area contributed by atoms with Crippen molar-refractivity contribution in [3.8, 4) is 0 Å². The minimum atomic E-state index is -0.0294. The third-order valence-corrected chi connectivity index (χ3v) is 6.19. The molecule has 1 N–H and O–H groups in total. The van der Waals surface area contributed by atoms with Gasteiger partial charge in [-0.2, -0.15) is 0 Å². The zero-order valence-corrected chi connectivity index (χ0v) is 14.1. The van der Waals surface area contributed by atoms with E-state index in [-0.39, 0.29) is 5.91 Å². The van der Waals surface area contributed by atoms with Crippen molar-refractivity contribution in [2.75, 3.05) is 5.32 Å². The molecular weight excluding hydrogens is 304 g/mol. The Morgan fingerprint density at radius 3 is 2.96 bits per heavy atom. The van der Waals surface area contributed by atoms with Crippen LogP contribution in [-0.4, -0.2) is 10.9 Å². The Hall–Kier alpha value is -1.94. The predicted octanol–water partition coefficient (Wildman–Crippen LogP) is 4.99. The number of hydrogen-bond acceptors (Lipinski definition) is 3. The van der Waals surface area contributed by atoms with Crippen molar-refractivity contribution in [1.29, 1.82) is 0 Å². The van der Waals surface area contributed by atoms with Crippen molar-refractivity contribution in [3.63, 3.8) is 0 Å². The van der Waals surface area contributed by atoms with Gasteiger partial charge in [0.2, 0.25) is 0 Å². The largest absolute Gasteiger partial charge is 0.320 e. The van der Waals surface area contributed by atoms with Gasteiger partial charge in [0.25, 0.3) is 5.91 Å². The van der Waals surface area contributed by atoms with Crippen molar-refractivity contribution >= 4 is 34.6 Å². The fourth-order valence-corrected chi connectivity index (χ4v) is 4.98. The van der Waals surface area contributed by atoms with Crippen LogP contribution in [0.3, 0.4) is 0 Å². The molecule has 0 bridgehead atoms. The molecule has 0 aromatic carbocycles. The number of nitrogens with zero attached hydrogens (tertiary/aromatic N) is 1. The van der Waals surface area contributed by atoms with Crippen molar-refractivity contribution in [2.45, 2.75) is 44.9 Å². The summed E-state index contributed by atoms with van der Waals surface area (Å²) < 4.78 is 0. The number of fused-ring (bicyclic) bond motifs is 1. The molecule has 23 heavy (non-hydrogen) atoms. The number of carbonyl (C=O) groups excluding carboxylic acids is 1. The minimum Gasteiger partial charge on any atom is -0.320 e. The van der Waals surface area contributed by atoms with Gasteiger partial charge in [0, 0.05) is 21.5 Å². The molecule has 0 atom stereocenters. The number of nitrogens with one attached hydrogen (secondary N) is 1. The molecule has 4 rings (SSSR count). The normalized spacial score (nSPS) is 19.9. The van der Waals surface area contributed by atoms with Gasteiger partial charge in [-0.3, -0.25) is 9.78 Å². The summed E-state index contributed by atoms with van der Waals surface area (Å²) in [5.74, 6) is 0.688. The van der Waals surface area contributed by atoms with E-state index in [4.69, 9.17) is 0 Å². The standard InChI is InChI=1S/C19H20N2OS/c1-12-9-14(23-18(12)13-5-3-2-4-6-13)10-16-15-7-8-20-11-17(15)21-19(16)22/h7-11,13H,2-6H2,1H3,(H,21,22). The molecule has 1 aliphatic heterocycles. The van der Waals surface area contributed by atoms with Crippen LogP contribution in [0.25, 0.3) is 11.6 Å². The number of aryl methyl sites for hydroxylation is 1. The molecule has 2 aliphatic rings. The fraction of sp³-hybridized carbons (Fsp3) is 0.368. The molecule has 1 amide bonds. The monoisotopic (exact) mass is 324 g/mol. The van der Waals surface area contributed by atoms with E-state index < -0.39 is 0 Å². The molecule has 1 aliphatic carbocycles. The number of anilines is 1. The molecule has 0 saturated heterocycles. The first kappa shape index (κ1) is 14.6. The highest BCUT2D eigenvalue weighted by Gasteiger charge is 2.25. The van der Waals surface area contributed by atoms with E-state index in [9.17, 15) is 4.79 Å². The Morgan fingerprint density at radius 2 is 2.13 bits per heavy atom. The third-order valence-electron chi connectivity index (χ3n) is 4.84. The zero-order valence-electron chi connectivity index (χ0n) is 13.3. The van der Waals surface area contributed by atoms with Crippen molar-refractivity contribution < 1.29 is 4.79 Å². The number of carbonyl (C=O) groups is 1. The van der Waals surface area contributed by atoms with Gasteiger partial charge in [-0.05, 0) is 49.5 Å². The van der Waals surface area contributed by atoms with Crippen LogP contribution in [0.15, 0.2) is 24.5 Å². The molecule has 0 unspecified atom stereocenters. The summed E-state index contributed by atoms with van der Waals surface area (Å²) in [6, 6.07) is 4.13. The maximum atomic E-state index is 12.2. The minimum absolute atomic E-state index is 0.0294. The smallest absolute Gasteiger partial charge is 0.256 e.